The highest BCUT2D eigenvalue weighted by atomic mass is 16.5. The van der Waals surface area contributed by atoms with Gasteiger partial charge in [0.15, 0.2) is 5.43 Å². The van der Waals surface area contributed by atoms with Gasteiger partial charge in [0.1, 0.15) is 28.7 Å². The number of benzene rings is 1. The van der Waals surface area contributed by atoms with Crippen molar-refractivity contribution in [2.75, 3.05) is 11.9 Å². The molecule has 0 saturated carbocycles. The first-order chi connectivity index (χ1) is 14.7. The van der Waals surface area contributed by atoms with E-state index in [1.165, 1.54) is 19.3 Å². The number of nitrogens with two attached hydrogens (primary N) is 1. The molecule has 3 rings (SSSR count). The summed E-state index contributed by atoms with van der Waals surface area (Å²) < 4.78 is 15.7. The Hall–Kier alpha value is -4.14. The molecular weight excluding hydrogens is 404 g/mol. The normalized spacial score (nSPS) is 11.1. The fourth-order valence-corrected chi connectivity index (χ4v) is 3.01. The van der Waals surface area contributed by atoms with Crippen molar-refractivity contribution in [1.29, 1.82) is 0 Å². The second-order valence-corrected chi connectivity index (χ2v) is 6.66. The van der Waals surface area contributed by atoms with Crippen molar-refractivity contribution in [3.63, 3.8) is 0 Å². The van der Waals surface area contributed by atoms with E-state index in [-0.39, 0.29) is 40.4 Å². The lowest BCUT2D eigenvalue weighted by Crippen LogP contribution is -2.19. The third-order valence-corrected chi connectivity index (χ3v) is 4.42. The number of anilines is 1. The summed E-state index contributed by atoms with van der Waals surface area (Å²) in [4.78, 5) is 48.9. The number of ether oxygens (including phenoxy) is 1. The van der Waals surface area contributed by atoms with Gasteiger partial charge in [-0.3, -0.25) is 19.7 Å². The number of carbonyl (C=O) groups excluding carboxylic acids is 3. The van der Waals surface area contributed by atoms with Crippen molar-refractivity contribution in [3.05, 3.63) is 68.8 Å². The van der Waals surface area contributed by atoms with Gasteiger partial charge in [0, 0.05) is 6.08 Å². The monoisotopic (exact) mass is 424 g/mol. The van der Waals surface area contributed by atoms with E-state index in [1.807, 2.05) is 13.0 Å². The maximum absolute atomic E-state index is 12.6. The van der Waals surface area contributed by atoms with Crippen LogP contribution >= 0.6 is 0 Å². The van der Waals surface area contributed by atoms with Crippen LogP contribution in [0.2, 0.25) is 0 Å². The second-order valence-electron chi connectivity index (χ2n) is 6.66. The van der Waals surface area contributed by atoms with Crippen molar-refractivity contribution in [2.24, 2.45) is 5.73 Å². The Balaban J connectivity index is 1.88. The van der Waals surface area contributed by atoms with Crippen LogP contribution in [0.3, 0.4) is 0 Å². The van der Waals surface area contributed by atoms with Gasteiger partial charge in [-0.05, 0) is 39.0 Å². The average molecular weight is 424 g/mol. The maximum atomic E-state index is 12.6. The van der Waals surface area contributed by atoms with Crippen molar-refractivity contribution in [1.82, 2.24) is 0 Å². The molecule has 3 N–H and O–H groups in total. The van der Waals surface area contributed by atoms with Gasteiger partial charge in [0.05, 0.1) is 17.6 Å². The van der Waals surface area contributed by atoms with Gasteiger partial charge in [0.25, 0.3) is 11.8 Å². The lowest BCUT2D eigenvalue weighted by molar-refractivity contribution is -0.111. The Morgan fingerprint density at radius 3 is 2.61 bits per heavy atom. The summed E-state index contributed by atoms with van der Waals surface area (Å²) >= 11 is 0. The van der Waals surface area contributed by atoms with E-state index in [2.05, 4.69) is 5.32 Å². The van der Waals surface area contributed by atoms with Crippen molar-refractivity contribution in [3.8, 4) is 0 Å². The summed E-state index contributed by atoms with van der Waals surface area (Å²) in [6, 6.07) is 5.21. The lowest BCUT2D eigenvalue weighted by atomic mass is 10.1. The largest absolute Gasteiger partial charge is 0.463 e. The highest BCUT2D eigenvalue weighted by molar-refractivity contribution is 6.12. The lowest BCUT2D eigenvalue weighted by Gasteiger charge is -2.03. The molecule has 0 aliphatic carbocycles. The van der Waals surface area contributed by atoms with E-state index in [9.17, 15) is 19.2 Å². The number of rotatable bonds is 6. The molecule has 2 aromatic heterocycles. The quantitative estimate of drug-likeness (QED) is 0.457. The minimum atomic E-state index is -0.968. The number of esters is 1. The van der Waals surface area contributed by atoms with E-state index in [1.54, 1.807) is 19.1 Å². The number of hydrogen-bond donors (Lipinski definition) is 2. The standard InChI is InChI=1S/C22H20N2O7/c1-4-29-22(28)17-12(3)31-21(18(17)20(23)27)24-16(25)8-6-13-10-30-15-7-5-11(2)9-14(15)19(13)26/h5-10H,4H2,1-3H3,(H2,23,27)(H,24,25)/b8-6+. The van der Waals surface area contributed by atoms with Gasteiger partial charge in [-0.15, -0.1) is 0 Å². The first kappa shape index (κ1) is 21.6. The van der Waals surface area contributed by atoms with Gasteiger partial charge in [-0.2, -0.15) is 0 Å². The Bertz CT molecular complexity index is 1280. The zero-order chi connectivity index (χ0) is 22.7. The molecule has 2 amide bonds. The van der Waals surface area contributed by atoms with Gasteiger partial charge in [-0.1, -0.05) is 11.6 Å². The van der Waals surface area contributed by atoms with E-state index in [0.29, 0.717) is 11.0 Å². The molecule has 160 valence electrons. The van der Waals surface area contributed by atoms with E-state index >= 15 is 0 Å². The number of nitrogens with one attached hydrogen (secondary N) is 1. The van der Waals surface area contributed by atoms with Crippen LogP contribution in [-0.4, -0.2) is 24.4 Å². The first-order valence-electron chi connectivity index (χ1n) is 9.34. The summed E-state index contributed by atoms with van der Waals surface area (Å²) in [7, 11) is 0. The van der Waals surface area contributed by atoms with Crippen LogP contribution in [0.15, 0.2) is 44.2 Å². The van der Waals surface area contributed by atoms with Gasteiger partial charge in [0.2, 0.25) is 5.88 Å². The predicted octanol–water partition coefficient (Wildman–Crippen LogP) is 2.93. The third-order valence-electron chi connectivity index (χ3n) is 4.42. The van der Waals surface area contributed by atoms with Gasteiger partial charge >= 0.3 is 5.97 Å². The number of carbonyl (C=O) groups is 3. The molecule has 9 nitrogen and oxygen atoms in total. The number of furan rings is 1. The SMILES string of the molecule is CCOC(=O)c1c(C)oc(NC(=O)/C=C/c2coc3ccc(C)cc3c2=O)c1C(N)=O. The molecule has 0 spiro atoms. The van der Waals surface area contributed by atoms with Crippen molar-refractivity contribution < 1.29 is 28.0 Å². The maximum Gasteiger partial charge on any atom is 0.342 e. The Morgan fingerprint density at radius 2 is 1.94 bits per heavy atom. The van der Waals surface area contributed by atoms with E-state index in [0.717, 1.165) is 11.6 Å². The molecule has 9 heteroatoms. The first-order valence-corrected chi connectivity index (χ1v) is 9.34. The zero-order valence-corrected chi connectivity index (χ0v) is 17.1. The Morgan fingerprint density at radius 1 is 1.19 bits per heavy atom. The van der Waals surface area contributed by atoms with Crippen LogP contribution in [0, 0.1) is 13.8 Å². The zero-order valence-electron chi connectivity index (χ0n) is 17.1. The average Bonchev–Trinajstić information content (AvgIpc) is 3.04. The fourth-order valence-electron chi connectivity index (χ4n) is 3.01. The van der Waals surface area contributed by atoms with Crippen LogP contribution in [0.1, 0.15) is 44.5 Å². The van der Waals surface area contributed by atoms with Crippen LogP contribution in [0.4, 0.5) is 5.88 Å². The fraction of sp³-hybridized carbons (Fsp3) is 0.182. The molecule has 0 atom stereocenters. The molecule has 31 heavy (non-hydrogen) atoms. The molecule has 0 fully saturated rings. The van der Waals surface area contributed by atoms with Crippen LogP contribution in [0.25, 0.3) is 17.0 Å². The highest BCUT2D eigenvalue weighted by Crippen LogP contribution is 2.27. The summed E-state index contributed by atoms with van der Waals surface area (Å²) in [5.74, 6) is -2.70. The molecule has 0 radical (unpaired) electrons. The number of primary amides is 1. The molecular formula is C22H20N2O7. The Kier molecular flexibility index (Phi) is 6.05. The molecule has 3 aromatic rings. The van der Waals surface area contributed by atoms with Crippen molar-refractivity contribution >= 4 is 40.7 Å². The molecule has 0 saturated heterocycles. The van der Waals surface area contributed by atoms with E-state index in [4.69, 9.17) is 19.3 Å². The molecule has 0 unspecified atom stereocenters. The molecule has 0 bridgehead atoms. The smallest absolute Gasteiger partial charge is 0.342 e. The second kappa shape index (κ2) is 8.70. The number of hydrogen-bond acceptors (Lipinski definition) is 7. The minimum absolute atomic E-state index is 0.0667. The van der Waals surface area contributed by atoms with Crippen LogP contribution in [-0.2, 0) is 9.53 Å². The highest BCUT2D eigenvalue weighted by Gasteiger charge is 2.28. The van der Waals surface area contributed by atoms with E-state index < -0.39 is 17.8 Å². The van der Waals surface area contributed by atoms with Gasteiger partial charge < -0.3 is 19.3 Å². The number of amides is 2. The summed E-state index contributed by atoms with van der Waals surface area (Å²) in [6.45, 7) is 4.98. The summed E-state index contributed by atoms with van der Waals surface area (Å²) in [5, 5.41) is 2.74. The summed E-state index contributed by atoms with van der Waals surface area (Å²) in [5.41, 5.74) is 6.09. The summed E-state index contributed by atoms with van der Waals surface area (Å²) in [6.07, 6.45) is 3.59. The topological polar surface area (TPSA) is 142 Å². The van der Waals surface area contributed by atoms with Crippen LogP contribution < -0.4 is 16.5 Å². The number of aryl methyl sites for hydroxylation is 2. The predicted molar refractivity (Wildman–Crippen MR) is 113 cm³/mol. The van der Waals surface area contributed by atoms with Gasteiger partial charge in [-0.25, -0.2) is 4.79 Å². The third kappa shape index (κ3) is 4.40. The number of fused-ring (bicyclic) bond motifs is 1. The molecule has 1 aromatic carbocycles. The Labute approximate surface area is 176 Å². The van der Waals surface area contributed by atoms with Crippen molar-refractivity contribution in [2.45, 2.75) is 20.8 Å². The molecule has 2 heterocycles. The molecule has 0 aliphatic heterocycles. The molecule has 0 aliphatic rings. The van der Waals surface area contributed by atoms with Crippen LogP contribution in [0.5, 0.6) is 0 Å². The minimum Gasteiger partial charge on any atom is -0.463 e.